The van der Waals surface area contributed by atoms with Crippen LogP contribution in [0, 0.1) is 0 Å². The Labute approximate surface area is 118 Å². The van der Waals surface area contributed by atoms with E-state index >= 15 is 0 Å². The van der Waals surface area contributed by atoms with E-state index in [-0.39, 0.29) is 5.56 Å². The van der Waals surface area contributed by atoms with Crippen LogP contribution in [0.2, 0.25) is 0 Å². The fourth-order valence-corrected chi connectivity index (χ4v) is 2.06. The number of nitrogens with zero attached hydrogens (tertiary/aromatic N) is 1. The van der Waals surface area contributed by atoms with E-state index in [2.05, 4.69) is 26.2 Å². The monoisotopic (exact) mass is 322 g/mol. The van der Waals surface area contributed by atoms with E-state index in [1.807, 2.05) is 12.1 Å². The Morgan fingerprint density at radius 2 is 2.16 bits per heavy atom. The molecule has 1 heterocycles. The van der Waals surface area contributed by atoms with Gasteiger partial charge in [0.05, 0.1) is 17.1 Å². The summed E-state index contributed by atoms with van der Waals surface area (Å²) in [5, 5.41) is 11.9. The van der Waals surface area contributed by atoms with Crippen LogP contribution < -0.4 is 10.1 Å². The number of anilines is 2. The molecule has 0 aliphatic rings. The first-order valence-corrected chi connectivity index (χ1v) is 6.19. The third-order valence-corrected chi connectivity index (χ3v) is 3.05. The summed E-state index contributed by atoms with van der Waals surface area (Å²) < 4.78 is 5.93. The normalized spacial score (nSPS) is 10.0. The molecule has 0 bridgehead atoms. The average Bonchev–Trinajstić information content (AvgIpc) is 2.39. The second kappa shape index (κ2) is 5.71. The van der Waals surface area contributed by atoms with Gasteiger partial charge in [-0.05, 0) is 46.3 Å². The van der Waals surface area contributed by atoms with Gasteiger partial charge in [0.1, 0.15) is 11.6 Å². The number of nitrogens with one attached hydrogen (secondary N) is 1. The van der Waals surface area contributed by atoms with Crippen LogP contribution in [0.5, 0.6) is 5.75 Å². The highest BCUT2D eigenvalue weighted by molar-refractivity contribution is 9.10. The highest BCUT2D eigenvalue weighted by Gasteiger charge is 2.06. The number of carbonyl (C=O) groups is 1. The third kappa shape index (κ3) is 3.23. The molecule has 0 atom stereocenters. The minimum absolute atomic E-state index is 0.185. The first kappa shape index (κ1) is 13.4. The molecule has 19 heavy (non-hydrogen) atoms. The van der Waals surface area contributed by atoms with Crippen molar-refractivity contribution in [2.24, 2.45) is 0 Å². The number of carboxylic acid groups (broad SMARTS) is 1. The van der Waals surface area contributed by atoms with Crippen molar-refractivity contribution in [1.29, 1.82) is 0 Å². The van der Waals surface area contributed by atoms with E-state index in [9.17, 15) is 4.79 Å². The van der Waals surface area contributed by atoms with Crippen molar-refractivity contribution >= 4 is 33.4 Å². The topological polar surface area (TPSA) is 71.5 Å². The van der Waals surface area contributed by atoms with E-state index in [0.29, 0.717) is 5.82 Å². The van der Waals surface area contributed by atoms with Crippen molar-refractivity contribution in [1.82, 2.24) is 4.98 Å². The molecule has 2 rings (SSSR count). The minimum atomic E-state index is -0.985. The highest BCUT2D eigenvalue weighted by Crippen LogP contribution is 2.28. The second-order valence-electron chi connectivity index (χ2n) is 3.71. The van der Waals surface area contributed by atoms with E-state index in [1.54, 1.807) is 13.2 Å². The maximum absolute atomic E-state index is 10.9. The van der Waals surface area contributed by atoms with E-state index < -0.39 is 5.97 Å². The zero-order valence-electron chi connectivity index (χ0n) is 10.1. The van der Waals surface area contributed by atoms with E-state index in [0.717, 1.165) is 15.9 Å². The lowest BCUT2D eigenvalue weighted by Crippen LogP contribution is -2.00. The summed E-state index contributed by atoms with van der Waals surface area (Å²) in [6.07, 6.45) is 1.45. The molecule has 0 radical (unpaired) electrons. The van der Waals surface area contributed by atoms with Crippen molar-refractivity contribution in [2.75, 3.05) is 12.4 Å². The van der Waals surface area contributed by atoms with Crippen molar-refractivity contribution in [3.63, 3.8) is 0 Å². The molecule has 2 aromatic rings. The van der Waals surface area contributed by atoms with E-state index in [1.165, 1.54) is 18.3 Å². The van der Waals surface area contributed by atoms with Gasteiger partial charge in [-0.15, -0.1) is 0 Å². The number of hydrogen-bond donors (Lipinski definition) is 2. The fraction of sp³-hybridized carbons (Fsp3) is 0.0769. The van der Waals surface area contributed by atoms with Crippen LogP contribution in [0.4, 0.5) is 11.5 Å². The SMILES string of the molecule is COc1ccc(Nc2cc(C(=O)O)ccn2)cc1Br. The molecule has 98 valence electrons. The molecule has 6 heteroatoms. The number of pyridine rings is 1. The van der Waals surface area contributed by atoms with Gasteiger partial charge in [-0.3, -0.25) is 0 Å². The number of hydrogen-bond acceptors (Lipinski definition) is 4. The lowest BCUT2D eigenvalue weighted by atomic mass is 10.2. The molecule has 0 unspecified atom stereocenters. The van der Waals surface area contributed by atoms with Crippen molar-refractivity contribution in [2.45, 2.75) is 0 Å². The highest BCUT2D eigenvalue weighted by atomic mass is 79.9. The standard InChI is InChI=1S/C13H11BrN2O3/c1-19-11-3-2-9(7-10(11)14)16-12-6-8(13(17)18)4-5-15-12/h2-7H,1H3,(H,15,16)(H,17,18). The Kier molecular flexibility index (Phi) is 4.01. The molecule has 5 nitrogen and oxygen atoms in total. The number of benzene rings is 1. The Morgan fingerprint density at radius 3 is 2.79 bits per heavy atom. The zero-order chi connectivity index (χ0) is 13.8. The lowest BCUT2D eigenvalue weighted by Gasteiger charge is -2.08. The summed E-state index contributed by atoms with van der Waals surface area (Å²) >= 11 is 3.38. The Hall–Kier alpha value is -2.08. The molecule has 0 saturated carbocycles. The maximum Gasteiger partial charge on any atom is 0.335 e. The summed E-state index contributed by atoms with van der Waals surface area (Å²) in [7, 11) is 1.59. The van der Waals surface area contributed by atoms with Crippen LogP contribution >= 0.6 is 15.9 Å². The van der Waals surface area contributed by atoms with Gasteiger partial charge in [0, 0.05) is 11.9 Å². The van der Waals surface area contributed by atoms with Crippen LogP contribution in [0.25, 0.3) is 0 Å². The Bertz CT molecular complexity index is 617. The van der Waals surface area contributed by atoms with Crippen LogP contribution in [-0.4, -0.2) is 23.2 Å². The van der Waals surface area contributed by atoms with Crippen LogP contribution in [0.3, 0.4) is 0 Å². The molecule has 1 aromatic heterocycles. The molecule has 0 spiro atoms. The molecule has 0 aliphatic heterocycles. The first-order chi connectivity index (χ1) is 9.10. The van der Waals surface area contributed by atoms with Gasteiger partial charge in [0.15, 0.2) is 0 Å². The van der Waals surface area contributed by atoms with Crippen LogP contribution in [0.15, 0.2) is 41.0 Å². The predicted octanol–water partition coefficient (Wildman–Crippen LogP) is 3.29. The van der Waals surface area contributed by atoms with Gasteiger partial charge in [-0.1, -0.05) is 0 Å². The van der Waals surface area contributed by atoms with Gasteiger partial charge in [0.2, 0.25) is 0 Å². The molecular weight excluding hydrogens is 312 g/mol. The zero-order valence-corrected chi connectivity index (χ0v) is 11.6. The quantitative estimate of drug-likeness (QED) is 0.903. The van der Waals surface area contributed by atoms with Crippen molar-refractivity contribution in [3.05, 3.63) is 46.6 Å². The lowest BCUT2D eigenvalue weighted by molar-refractivity contribution is 0.0697. The third-order valence-electron chi connectivity index (χ3n) is 2.43. The number of carboxylic acids is 1. The van der Waals surface area contributed by atoms with Gasteiger partial charge < -0.3 is 15.2 Å². The van der Waals surface area contributed by atoms with Crippen LogP contribution in [-0.2, 0) is 0 Å². The van der Waals surface area contributed by atoms with Crippen molar-refractivity contribution in [3.8, 4) is 5.75 Å². The number of rotatable bonds is 4. The average molecular weight is 323 g/mol. The van der Waals surface area contributed by atoms with Crippen molar-refractivity contribution < 1.29 is 14.6 Å². The molecule has 2 N–H and O–H groups in total. The molecule has 1 aromatic carbocycles. The molecule has 0 saturated heterocycles. The summed E-state index contributed by atoms with van der Waals surface area (Å²) in [4.78, 5) is 14.9. The molecular formula is C13H11BrN2O3. The fourth-order valence-electron chi connectivity index (χ4n) is 1.52. The number of ether oxygens (including phenoxy) is 1. The Balaban J connectivity index is 2.23. The summed E-state index contributed by atoms with van der Waals surface area (Å²) in [6.45, 7) is 0. The summed E-state index contributed by atoms with van der Waals surface area (Å²) in [6, 6.07) is 8.36. The molecule has 0 fully saturated rings. The van der Waals surface area contributed by atoms with Gasteiger partial charge >= 0.3 is 5.97 Å². The first-order valence-electron chi connectivity index (χ1n) is 5.40. The number of methoxy groups -OCH3 is 1. The maximum atomic E-state index is 10.9. The predicted molar refractivity (Wildman–Crippen MR) is 75.2 cm³/mol. The Morgan fingerprint density at radius 1 is 1.37 bits per heavy atom. The van der Waals surface area contributed by atoms with Gasteiger partial charge in [0.25, 0.3) is 0 Å². The van der Waals surface area contributed by atoms with Gasteiger partial charge in [-0.2, -0.15) is 0 Å². The smallest absolute Gasteiger partial charge is 0.335 e. The summed E-state index contributed by atoms with van der Waals surface area (Å²) in [5.74, 6) is 0.205. The number of aromatic nitrogens is 1. The second-order valence-corrected chi connectivity index (χ2v) is 4.56. The molecule has 0 amide bonds. The van der Waals surface area contributed by atoms with E-state index in [4.69, 9.17) is 9.84 Å². The van der Waals surface area contributed by atoms with Crippen LogP contribution in [0.1, 0.15) is 10.4 Å². The summed E-state index contributed by atoms with van der Waals surface area (Å²) in [5.41, 5.74) is 0.966. The molecule has 0 aliphatic carbocycles. The van der Waals surface area contributed by atoms with Gasteiger partial charge in [-0.25, -0.2) is 9.78 Å². The largest absolute Gasteiger partial charge is 0.496 e. The minimum Gasteiger partial charge on any atom is -0.496 e. The number of halogens is 1. The number of aromatic carboxylic acids is 1.